The zero-order chi connectivity index (χ0) is 9.23. The van der Waals surface area contributed by atoms with Crippen molar-refractivity contribution < 1.29 is 0 Å². The SMILES string of the molecule is C#CCNCCN(CC)CC=C. The molecule has 0 aromatic carbocycles. The lowest BCUT2D eigenvalue weighted by Crippen LogP contribution is -2.32. The molecule has 0 heterocycles. The van der Waals surface area contributed by atoms with E-state index in [-0.39, 0.29) is 0 Å². The first kappa shape index (κ1) is 11.2. The van der Waals surface area contributed by atoms with Crippen LogP contribution in [-0.2, 0) is 0 Å². The van der Waals surface area contributed by atoms with Crippen molar-refractivity contribution in [3.05, 3.63) is 12.7 Å². The molecule has 0 aliphatic carbocycles. The quantitative estimate of drug-likeness (QED) is 0.340. The van der Waals surface area contributed by atoms with Gasteiger partial charge in [-0.3, -0.25) is 4.90 Å². The van der Waals surface area contributed by atoms with Gasteiger partial charge in [-0.15, -0.1) is 13.0 Å². The van der Waals surface area contributed by atoms with Crippen LogP contribution in [0, 0.1) is 12.3 Å². The Morgan fingerprint density at radius 1 is 1.67 bits per heavy atom. The molecule has 0 fully saturated rings. The molecular formula is C10H18N2. The van der Waals surface area contributed by atoms with Crippen LogP contribution in [0.2, 0.25) is 0 Å². The van der Waals surface area contributed by atoms with E-state index in [1.807, 2.05) is 6.08 Å². The average molecular weight is 166 g/mol. The van der Waals surface area contributed by atoms with Gasteiger partial charge in [-0.05, 0) is 6.54 Å². The Labute approximate surface area is 75.6 Å². The summed E-state index contributed by atoms with van der Waals surface area (Å²) >= 11 is 0. The summed E-state index contributed by atoms with van der Waals surface area (Å²) in [6.45, 7) is 10.5. The minimum absolute atomic E-state index is 0.658. The van der Waals surface area contributed by atoms with E-state index in [0.717, 1.165) is 26.2 Å². The first-order chi connectivity index (χ1) is 5.85. The Morgan fingerprint density at radius 3 is 2.92 bits per heavy atom. The van der Waals surface area contributed by atoms with Gasteiger partial charge in [0.05, 0.1) is 6.54 Å². The van der Waals surface area contributed by atoms with Gasteiger partial charge in [-0.1, -0.05) is 18.9 Å². The van der Waals surface area contributed by atoms with Crippen LogP contribution in [0.3, 0.4) is 0 Å². The summed E-state index contributed by atoms with van der Waals surface area (Å²) in [7, 11) is 0. The summed E-state index contributed by atoms with van der Waals surface area (Å²) in [5, 5.41) is 3.15. The Hall–Kier alpha value is -0.780. The van der Waals surface area contributed by atoms with Gasteiger partial charge in [0.1, 0.15) is 0 Å². The van der Waals surface area contributed by atoms with Crippen LogP contribution in [0.25, 0.3) is 0 Å². The summed E-state index contributed by atoms with van der Waals surface area (Å²) in [6, 6.07) is 0. The van der Waals surface area contributed by atoms with Crippen molar-refractivity contribution >= 4 is 0 Å². The maximum atomic E-state index is 5.09. The minimum Gasteiger partial charge on any atom is -0.305 e. The highest BCUT2D eigenvalue weighted by Gasteiger charge is 1.96. The van der Waals surface area contributed by atoms with Crippen LogP contribution >= 0.6 is 0 Å². The molecular weight excluding hydrogens is 148 g/mol. The van der Waals surface area contributed by atoms with Crippen molar-refractivity contribution in [3.63, 3.8) is 0 Å². The number of hydrogen-bond acceptors (Lipinski definition) is 2. The molecule has 0 rings (SSSR count). The molecule has 2 heteroatoms. The fourth-order valence-corrected chi connectivity index (χ4v) is 0.959. The molecule has 0 unspecified atom stereocenters. The molecule has 1 N–H and O–H groups in total. The van der Waals surface area contributed by atoms with E-state index in [4.69, 9.17) is 6.42 Å². The highest BCUT2D eigenvalue weighted by atomic mass is 15.1. The highest BCUT2D eigenvalue weighted by molar-refractivity contribution is 4.86. The van der Waals surface area contributed by atoms with E-state index in [0.29, 0.717) is 6.54 Å². The van der Waals surface area contributed by atoms with E-state index in [9.17, 15) is 0 Å². The van der Waals surface area contributed by atoms with Crippen molar-refractivity contribution in [3.8, 4) is 12.3 Å². The summed E-state index contributed by atoms with van der Waals surface area (Å²) in [6.07, 6.45) is 7.02. The van der Waals surface area contributed by atoms with Crippen molar-refractivity contribution in [2.75, 3.05) is 32.7 Å². The molecule has 0 saturated carbocycles. The second-order valence-corrected chi connectivity index (χ2v) is 2.56. The largest absolute Gasteiger partial charge is 0.305 e. The van der Waals surface area contributed by atoms with Gasteiger partial charge in [-0.25, -0.2) is 0 Å². The lowest BCUT2D eigenvalue weighted by molar-refractivity contribution is 0.319. The van der Waals surface area contributed by atoms with E-state index >= 15 is 0 Å². The fraction of sp³-hybridized carbons (Fsp3) is 0.600. The molecule has 0 radical (unpaired) electrons. The Morgan fingerprint density at radius 2 is 2.42 bits per heavy atom. The number of terminal acetylenes is 1. The Bertz CT molecular complexity index is 146. The van der Waals surface area contributed by atoms with Crippen molar-refractivity contribution in [2.45, 2.75) is 6.92 Å². The molecule has 0 aromatic rings. The summed E-state index contributed by atoms with van der Waals surface area (Å²) in [5.41, 5.74) is 0. The number of hydrogen-bond donors (Lipinski definition) is 1. The lowest BCUT2D eigenvalue weighted by atomic mass is 10.4. The molecule has 0 bridgehead atoms. The molecule has 0 amide bonds. The van der Waals surface area contributed by atoms with Gasteiger partial charge < -0.3 is 5.32 Å². The fourth-order valence-electron chi connectivity index (χ4n) is 0.959. The first-order valence-electron chi connectivity index (χ1n) is 4.32. The Balaban J connectivity index is 3.32. The van der Waals surface area contributed by atoms with Crippen LogP contribution in [0.1, 0.15) is 6.92 Å². The molecule has 0 saturated heterocycles. The highest BCUT2D eigenvalue weighted by Crippen LogP contribution is 1.85. The topological polar surface area (TPSA) is 15.3 Å². The molecule has 12 heavy (non-hydrogen) atoms. The zero-order valence-electron chi connectivity index (χ0n) is 7.84. The van der Waals surface area contributed by atoms with E-state index < -0.39 is 0 Å². The minimum atomic E-state index is 0.658. The van der Waals surface area contributed by atoms with Gasteiger partial charge in [0, 0.05) is 19.6 Å². The summed E-state index contributed by atoms with van der Waals surface area (Å²) < 4.78 is 0. The summed E-state index contributed by atoms with van der Waals surface area (Å²) in [4.78, 5) is 2.30. The third-order valence-electron chi connectivity index (χ3n) is 1.67. The number of nitrogens with one attached hydrogen (secondary N) is 1. The third kappa shape index (κ3) is 5.96. The number of rotatable bonds is 7. The van der Waals surface area contributed by atoms with Gasteiger partial charge in [0.25, 0.3) is 0 Å². The molecule has 2 nitrogen and oxygen atoms in total. The molecule has 68 valence electrons. The molecule has 0 aromatic heterocycles. The zero-order valence-corrected chi connectivity index (χ0v) is 7.84. The van der Waals surface area contributed by atoms with Crippen LogP contribution in [0.5, 0.6) is 0 Å². The number of likely N-dealkylation sites (N-methyl/N-ethyl adjacent to an activating group) is 1. The van der Waals surface area contributed by atoms with Gasteiger partial charge in [-0.2, -0.15) is 0 Å². The molecule has 0 aliphatic heterocycles. The van der Waals surface area contributed by atoms with Crippen molar-refractivity contribution in [1.82, 2.24) is 10.2 Å². The second kappa shape index (κ2) is 8.32. The third-order valence-corrected chi connectivity index (χ3v) is 1.67. The monoisotopic (exact) mass is 166 g/mol. The van der Waals surface area contributed by atoms with Crippen LogP contribution in [0.15, 0.2) is 12.7 Å². The molecule has 0 aliphatic rings. The maximum absolute atomic E-state index is 5.09. The lowest BCUT2D eigenvalue weighted by Gasteiger charge is -2.17. The maximum Gasteiger partial charge on any atom is 0.0574 e. The standard InChI is InChI=1S/C10H18N2/c1-4-7-11-8-10-12(6-3)9-5-2/h1,5,11H,2,6-10H2,3H3. The summed E-state index contributed by atoms with van der Waals surface area (Å²) in [5.74, 6) is 2.54. The molecule has 0 spiro atoms. The van der Waals surface area contributed by atoms with E-state index in [1.165, 1.54) is 0 Å². The average Bonchev–Trinajstić information content (AvgIpc) is 2.10. The van der Waals surface area contributed by atoms with Crippen LogP contribution < -0.4 is 5.32 Å². The van der Waals surface area contributed by atoms with Crippen LogP contribution in [0.4, 0.5) is 0 Å². The van der Waals surface area contributed by atoms with Gasteiger partial charge >= 0.3 is 0 Å². The smallest absolute Gasteiger partial charge is 0.0574 e. The Kier molecular flexibility index (Phi) is 7.78. The van der Waals surface area contributed by atoms with E-state index in [2.05, 4.69) is 29.6 Å². The first-order valence-corrected chi connectivity index (χ1v) is 4.32. The predicted octanol–water partition coefficient (Wildman–Crippen LogP) is 0.717. The van der Waals surface area contributed by atoms with Crippen molar-refractivity contribution in [1.29, 1.82) is 0 Å². The van der Waals surface area contributed by atoms with Crippen molar-refractivity contribution in [2.24, 2.45) is 0 Å². The van der Waals surface area contributed by atoms with Gasteiger partial charge in [0.2, 0.25) is 0 Å². The number of nitrogens with zero attached hydrogens (tertiary/aromatic N) is 1. The van der Waals surface area contributed by atoms with Crippen LogP contribution in [-0.4, -0.2) is 37.6 Å². The van der Waals surface area contributed by atoms with Gasteiger partial charge in [0.15, 0.2) is 0 Å². The van der Waals surface area contributed by atoms with E-state index in [1.54, 1.807) is 0 Å². The molecule has 0 atom stereocenters. The predicted molar refractivity (Wildman–Crippen MR) is 54.0 cm³/mol. The normalized spacial score (nSPS) is 9.75. The second-order valence-electron chi connectivity index (χ2n) is 2.56.